The molecule has 0 saturated heterocycles. The molecule has 0 saturated carbocycles. The van der Waals surface area contributed by atoms with Crippen molar-refractivity contribution in [3.63, 3.8) is 0 Å². The molecule has 0 radical (unpaired) electrons. The van der Waals surface area contributed by atoms with Crippen molar-refractivity contribution in [1.82, 2.24) is 0 Å². The van der Waals surface area contributed by atoms with Crippen LogP contribution in [0, 0.1) is 0 Å². The first-order valence-electron chi connectivity index (χ1n) is 4.86. The van der Waals surface area contributed by atoms with Gasteiger partial charge < -0.3 is 9.47 Å². The number of hydrogen-bond acceptors (Lipinski definition) is 2. The molecule has 0 fully saturated rings. The van der Waals surface area contributed by atoms with Crippen LogP contribution in [0.3, 0.4) is 0 Å². The molecule has 1 aliphatic carbocycles. The van der Waals surface area contributed by atoms with E-state index in [1.807, 2.05) is 24.3 Å². The van der Waals surface area contributed by atoms with E-state index in [0.717, 1.165) is 24.3 Å². The van der Waals surface area contributed by atoms with Crippen molar-refractivity contribution in [3.05, 3.63) is 36.4 Å². The lowest BCUT2D eigenvalue weighted by molar-refractivity contribution is 0.236. The summed E-state index contributed by atoms with van der Waals surface area (Å²) < 4.78 is 11.0. The molecule has 0 N–H and O–H groups in total. The average Bonchev–Trinajstić information content (AvgIpc) is 2.71. The lowest BCUT2D eigenvalue weighted by Gasteiger charge is -2.14. The summed E-state index contributed by atoms with van der Waals surface area (Å²) in [6.45, 7) is 0. The zero-order chi connectivity index (χ0) is 9.80. The van der Waals surface area contributed by atoms with E-state index in [1.54, 1.807) is 7.11 Å². The number of hydrogen-bond donors (Lipinski definition) is 0. The quantitative estimate of drug-likeness (QED) is 0.682. The molecule has 14 heavy (non-hydrogen) atoms. The van der Waals surface area contributed by atoms with Crippen molar-refractivity contribution >= 4 is 0 Å². The summed E-state index contributed by atoms with van der Waals surface area (Å²) in [7, 11) is 1.66. The number of para-hydroxylation sites is 2. The summed E-state index contributed by atoms with van der Waals surface area (Å²) in [5, 5.41) is 0. The van der Waals surface area contributed by atoms with Crippen LogP contribution in [-0.4, -0.2) is 13.2 Å². The monoisotopic (exact) mass is 190 g/mol. The second kappa shape index (κ2) is 4.18. The Labute approximate surface area is 84.2 Å². The van der Waals surface area contributed by atoms with Crippen molar-refractivity contribution in [2.75, 3.05) is 7.11 Å². The van der Waals surface area contributed by atoms with Gasteiger partial charge in [0.15, 0.2) is 11.5 Å². The molecule has 1 unspecified atom stereocenters. The molecule has 0 bridgehead atoms. The first kappa shape index (κ1) is 9.13. The Morgan fingerprint density at radius 3 is 2.64 bits per heavy atom. The predicted molar refractivity (Wildman–Crippen MR) is 55.8 cm³/mol. The number of methoxy groups -OCH3 is 1. The van der Waals surface area contributed by atoms with E-state index in [1.165, 1.54) is 0 Å². The van der Waals surface area contributed by atoms with E-state index in [0.29, 0.717) is 0 Å². The minimum Gasteiger partial charge on any atom is -0.493 e. The minimum atomic E-state index is 0.214. The van der Waals surface area contributed by atoms with Gasteiger partial charge in [-0.1, -0.05) is 18.2 Å². The Bertz CT molecular complexity index is 331. The highest BCUT2D eigenvalue weighted by molar-refractivity contribution is 5.39. The molecule has 2 nitrogen and oxygen atoms in total. The predicted octanol–water partition coefficient (Wildman–Crippen LogP) is 2.79. The summed E-state index contributed by atoms with van der Waals surface area (Å²) in [5.74, 6) is 1.62. The largest absolute Gasteiger partial charge is 0.493 e. The fourth-order valence-electron chi connectivity index (χ4n) is 1.58. The number of ether oxygens (including phenoxy) is 2. The third kappa shape index (κ3) is 1.90. The average molecular weight is 190 g/mol. The summed E-state index contributed by atoms with van der Waals surface area (Å²) in [6.07, 6.45) is 6.65. The highest BCUT2D eigenvalue weighted by Gasteiger charge is 2.12. The third-order valence-electron chi connectivity index (χ3n) is 2.32. The molecule has 0 aromatic heterocycles. The van der Waals surface area contributed by atoms with Crippen molar-refractivity contribution in [2.24, 2.45) is 0 Å². The van der Waals surface area contributed by atoms with Gasteiger partial charge in [0, 0.05) is 0 Å². The van der Waals surface area contributed by atoms with E-state index in [-0.39, 0.29) is 6.10 Å². The molecule has 1 aliphatic rings. The van der Waals surface area contributed by atoms with Crippen molar-refractivity contribution < 1.29 is 9.47 Å². The first-order valence-corrected chi connectivity index (χ1v) is 4.86. The normalized spacial score (nSPS) is 19.6. The van der Waals surface area contributed by atoms with Gasteiger partial charge in [0.25, 0.3) is 0 Å². The zero-order valence-corrected chi connectivity index (χ0v) is 8.27. The fraction of sp³-hybridized carbons (Fsp3) is 0.333. The van der Waals surface area contributed by atoms with Gasteiger partial charge in [-0.2, -0.15) is 0 Å². The Balaban J connectivity index is 2.11. The van der Waals surface area contributed by atoms with Gasteiger partial charge in [-0.05, 0) is 31.1 Å². The molecule has 2 heteroatoms. The van der Waals surface area contributed by atoms with Crippen LogP contribution in [0.5, 0.6) is 11.5 Å². The lowest BCUT2D eigenvalue weighted by Crippen LogP contribution is -2.10. The van der Waals surface area contributed by atoms with Crippen LogP contribution in [-0.2, 0) is 0 Å². The summed E-state index contributed by atoms with van der Waals surface area (Å²) in [4.78, 5) is 0. The molecule has 0 amide bonds. The van der Waals surface area contributed by atoms with Gasteiger partial charge in [-0.3, -0.25) is 0 Å². The molecule has 74 valence electrons. The van der Waals surface area contributed by atoms with Crippen LogP contribution < -0.4 is 9.47 Å². The van der Waals surface area contributed by atoms with E-state index >= 15 is 0 Å². The molecule has 0 heterocycles. The molecule has 0 aliphatic heterocycles. The molecular weight excluding hydrogens is 176 g/mol. The van der Waals surface area contributed by atoms with E-state index < -0.39 is 0 Å². The lowest BCUT2D eigenvalue weighted by atomic mass is 10.3. The van der Waals surface area contributed by atoms with Crippen molar-refractivity contribution in [2.45, 2.75) is 18.9 Å². The molecule has 2 rings (SSSR count). The summed E-state index contributed by atoms with van der Waals surface area (Å²) in [6, 6.07) is 7.74. The van der Waals surface area contributed by atoms with E-state index in [2.05, 4.69) is 12.2 Å². The second-order valence-corrected chi connectivity index (χ2v) is 3.31. The minimum absolute atomic E-state index is 0.214. The SMILES string of the molecule is COc1ccccc1OC1C=CCC1. The number of allylic oxidation sites excluding steroid dienone is 1. The maximum Gasteiger partial charge on any atom is 0.162 e. The van der Waals surface area contributed by atoms with Gasteiger partial charge in [0.2, 0.25) is 0 Å². The summed E-state index contributed by atoms with van der Waals surface area (Å²) >= 11 is 0. The first-order chi connectivity index (χ1) is 6.90. The third-order valence-corrected chi connectivity index (χ3v) is 2.32. The maximum absolute atomic E-state index is 5.79. The highest BCUT2D eigenvalue weighted by atomic mass is 16.5. The molecule has 1 aromatic rings. The smallest absolute Gasteiger partial charge is 0.162 e. The van der Waals surface area contributed by atoms with Gasteiger partial charge in [-0.25, -0.2) is 0 Å². The Kier molecular flexibility index (Phi) is 2.73. The topological polar surface area (TPSA) is 18.5 Å². The van der Waals surface area contributed by atoms with Gasteiger partial charge in [0.05, 0.1) is 7.11 Å². The van der Waals surface area contributed by atoms with E-state index in [9.17, 15) is 0 Å². The Morgan fingerprint density at radius 1 is 1.21 bits per heavy atom. The second-order valence-electron chi connectivity index (χ2n) is 3.31. The number of rotatable bonds is 3. The van der Waals surface area contributed by atoms with E-state index in [4.69, 9.17) is 9.47 Å². The van der Waals surface area contributed by atoms with Crippen molar-refractivity contribution in [1.29, 1.82) is 0 Å². The van der Waals surface area contributed by atoms with Gasteiger partial charge in [-0.15, -0.1) is 0 Å². The Hall–Kier alpha value is -1.44. The molecule has 1 aromatic carbocycles. The zero-order valence-electron chi connectivity index (χ0n) is 8.27. The van der Waals surface area contributed by atoms with Gasteiger partial charge in [0.1, 0.15) is 6.10 Å². The molecule has 0 spiro atoms. The van der Waals surface area contributed by atoms with Crippen LogP contribution in [0.1, 0.15) is 12.8 Å². The van der Waals surface area contributed by atoms with Crippen LogP contribution in [0.2, 0.25) is 0 Å². The van der Waals surface area contributed by atoms with Crippen LogP contribution in [0.15, 0.2) is 36.4 Å². The van der Waals surface area contributed by atoms with Gasteiger partial charge >= 0.3 is 0 Å². The van der Waals surface area contributed by atoms with Crippen LogP contribution in [0.25, 0.3) is 0 Å². The molecular formula is C12H14O2. The Morgan fingerprint density at radius 2 is 2.00 bits per heavy atom. The number of benzene rings is 1. The highest BCUT2D eigenvalue weighted by Crippen LogP contribution is 2.28. The van der Waals surface area contributed by atoms with Crippen LogP contribution >= 0.6 is 0 Å². The maximum atomic E-state index is 5.79. The fourth-order valence-corrected chi connectivity index (χ4v) is 1.58. The van der Waals surface area contributed by atoms with Crippen molar-refractivity contribution in [3.8, 4) is 11.5 Å². The molecule has 1 atom stereocenters. The summed E-state index contributed by atoms with van der Waals surface area (Å²) in [5.41, 5.74) is 0. The van der Waals surface area contributed by atoms with Crippen LogP contribution in [0.4, 0.5) is 0 Å². The standard InChI is InChI=1S/C12H14O2/c1-13-11-8-4-5-9-12(11)14-10-6-2-3-7-10/h2,4-6,8-10H,3,7H2,1H3.